The minimum Gasteiger partial charge on any atom is -0.485 e. The van der Waals surface area contributed by atoms with E-state index in [1.807, 2.05) is 78.9 Å². The Kier molecular flexibility index (Phi) is 6.96. The van der Waals surface area contributed by atoms with E-state index in [0.717, 1.165) is 21.3 Å². The van der Waals surface area contributed by atoms with E-state index < -0.39 is 11.2 Å². The summed E-state index contributed by atoms with van der Waals surface area (Å²) in [5, 5.41) is 0. The Morgan fingerprint density at radius 1 is 0.757 bits per heavy atom. The summed E-state index contributed by atoms with van der Waals surface area (Å²) in [6.07, 6.45) is 0. The van der Waals surface area contributed by atoms with E-state index >= 15 is 0 Å². The summed E-state index contributed by atoms with van der Waals surface area (Å²) in [5.41, 5.74) is 2.80. The van der Waals surface area contributed by atoms with Crippen LogP contribution in [0.3, 0.4) is 0 Å². The van der Waals surface area contributed by atoms with Gasteiger partial charge in [-0.05, 0) is 44.8 Å². The van der Waals surface area contributed by atoms with E-state index in [9.17, 15) is 9.59 Å². The van der Waals surface area contributed by atoms with Crippen molar-refractivity contribution < 1.29 is 9.47 Å². The van der Waals surface area contributed by atoms with E-state index in [1.54, 1.807) is 11.6 Å². The second-order valence-electron chi connectivity index (χ2n) is 8.67. The number of rotatable bonds is 8. The van der Waals surface area contributed by atoms with Gasteiger partial charge >= 0.3 is 5.69 Å². The highest BCUT2D eigenvalue weighted by Crippen LogP contribution is 2.31. The molecule has 188 valence electrons. The lowest BCUT2D eigenvalue weighted by Crippen LogP contribution is -2.37. The fourth-order valence-corrected chi connectivity index (χ4v) is 4.57. The first-order valence-electron chi connectivity index (χ1n) is 11.7. The van der Waals surface area contributed by atoms with E-state index in [0.29, 0.717) is 47.2 Å². The van der Waals surface area contributed by atoms with Gasteiger partial charge in [-0.3, -0.25) is 13.9 Å². The number of halogens is 1. The molecule has 0 bridgehead atoms. The largest absolute Gasteiger partial charge is 0.485 e. The predicted octanol–water partition coefficient (Wildman–Crippen LogP) is 4.40. The molecule has 2 heterocycles. The quantitative estimate of drug-likeness (QED) is 0.263. The summed E-state index contributed by atoms with van der Waals surface area (Å²) in [6, 6.07) is 25.6. The van der Waals surface area contributed by atoms with Crippen LogP contribution < -0.4 is 20.7 Å². The van der Waals surface area contributed by atoms with Crippen LogP contribution in [0.2, 0.25) is 0 Å². The molecule has 0 saturated heterocycles. The summed E-state index contributed by atoms with van der Waals surface area (Å²) in [7, 11) is 3.06. The average Bonchev–Trinajstić information content (AvgIpc) is 3.25. The van der Waals surface area contributed by atoms with Crippen LogP contribution in [-0.4, -0.2) is 18.7 Å². The number of nitrogens with zero attached hydrogens (tertiary/aromatic N) is 4. The Morgan fingerprint density at radius 3 is 1.97 bits per heavy atom. The number of ether oxygens (including phenoxy) is 2. The van der Waals surface area contributed by atoms with Gasteiger partial charge in [0.15, 0.2) is 27.4 Å². The van der Waals surface area contributed by atoms with Gasteiger partial charge in [0.05, 0.1) is 6.54 Å². The van der Waals surface area contributed by atoms with Gasteiger partial charge in [0, 0.05) is 14.1 Å². The molecule has 0 N–H and O–H groups in total. The second kappa shape index (κ2) is 10.5. The van der Waals surface area contributed by atoms with Gasteiger partial charge in [-0.25, -0.2) is 9.78 Å². The molecule has 2 aromatic heterocycles. The molecule has 0 aliphatic heterocycles. The van der Waals surface area contributed by atoms with Crippen LogP contribution in [-0.2, 0) is 33.9 Å². The smallest absolute Gasteiger partial charge is 0.332 e. The minimum absolute atomic E-state index is 0.323. The highest BCUT2D eigenvalue weighted by Gasteiger charge is 2.19. The maximum absolute atomic E-state index is 12.9. The van der Waals surface area contributed by atoms with E-state index in [4.69, 9.17) is 9.47 Å². The summed E-state index contributed by atoms with van der Waals surface area (Å²) in [4.78, 5) is 29.7. The van der Waals surface area contributed by atoms with Gasteiger partial charge in [-0.15, -0.1) is 0 Å². The number of benzene rings is 3. The van der Waals surface area contributed by atoms with Crippen LogP contribution >= 0.6 is 15.9 Å². The summed E-state index contributed by atoms with van der Waals surface area (Å²) in [6.45, 7) is 1.13. The number of fused-ring (bicyclic) bond motifs is 1. The number of aryl methyl sites for hydroxylation is 1. The van der Waals surface area contributed by atoms with E-state index in [-0.39, 0.29) is 0 Å². The summed E-state index contributed by atoms with van der Waals surface area (Å²) in [5.74, 6) is 1.22. The van der Waals surface area contributed by atoms with Crippen molar-refractivity contribution in [2.24, 2.45) is 14.1 Å². The summed E-state index contributed by atoms with van der Waals surface area (Å²) < 4.78 is 17.0. The molecule has 5 aromatic rings. The Balaban J connectivity index is 1.49. The SMILES string of the molecule is Cn1c(=O)c2c(nc(Br)n2Cc2ccc(OCc3ccccc3)c(OCc3ccccc3)c2)n(C)c1=O. The normalized spacial score (nSPS) is 11.1. The molecule has 0 amide bonds. The molecule has 0 radical (unpaired) electrons. The molecule has 0 aliphatic carbocycles. The lowest BCUT2D eigenvalue weighted by Gasteiger charge is -2.15. The van der Waals surface area contributed by atoms with Crippen molar-refractivity contribution in [3.8, 4) is 11.5 Å². The fraction of sp³-hybridized carbons (Fsp3) is 0.179. The Hall–Kier alpha value is -4.11. The van der Waals surface area contributed by atoms with Crippen molar-refractivity contribution in [2.45, 2.75) is 19.8 Å². The molecular formula is C28H25BrN4O4. The molecule has 37 heavy (non-hydrogen) atoms. The van der Waals surface area contributed by atoms with Gasteiger partial charge in [0.2, 0.25) is 0 Å². The zero-order chi connectivity index (χ0) is 25.9. The van der Waals surface area contributed by atoms with Crippen molar-refractivity contribution in [3.05, 3.63) is 121 Å². The van der Waals surface area contributed by atoms with Gasteiger partial charge in [0.25, 0.3) is 5.56 Å². The molecule has 3 aromatic carbocycles. The Morgan fingerprint density at radius 2 is 1.35 bits per heavy atom. The number of aromatic nitrogens is 4. The molecule has 0 aliphatic rings. The first-order valence-corrected chi connectivity index (χ1v) is 12.5. The molecule has 0 spiro atoms. The highest BCUT2D eigenvalue weighted by atomic mass is 79.9. The molecule has 0 saturated carbocycles. The van der Waals surface area contributed by atoms with Crippen LogP contribution in [0.25, 0.3) is 11.2 Å². The third-order valence-electron chi connectivity index (χ3n) is 6.12. The standard InChI is InChI=1S/C28H25BrN4O4/c1-31-25-24(26(34)32(2)28(31)35)33(27(29)30-25)16-21-13-14-22(36-17-19-9-5-3-6-10-19)23(15-21)37-18-20-11-7-4-8-12-20/h3-15H,16-18H2,1-2H3. The number of imidazole rings is 1. The van der Waals surface area contributed by atoms with Crippen LogP contribution in [0.5, 0.6) is 11.5 Å². The molecule has 0 fully saturated rings. The van der Waals surface area contributed by atoms with Crippen molar-refractivity contribution in [3.63, 3.8) is 0 Å². The fourth-order valence-electron chi connectivity index (χ4n) is 4.10. The Labute approximate surface area is 221 Å². The van der Waals surface area contributed by atoms with Crippen molar-refractivity contribution in [1.82, 2.24) is 18.7 Å². The molecule has 5 rings (SSSR count). The second-order valence-corrected chi connectivity index (χ2v) is 9.38. The predicted molar refractivity (Wildman–Crippen MR) is 145 cm³/mol. The first kappa shape index (κ1) is 24.6. The van der Waals surface area contributed by atoms with Crippen LogP contribution in [0.4, 0.5) is 0 Å². The van der Waals surface area contributed by atoms with Gasteiger partial charge in [-0.2, -0.15) is 0 Å². The molecule has 0 unspecified atom stereocenters. The highest BCUT2D eigenvalue weighted by molar-refractivity contribution is 9.10. The van der Waals surface area contributed by atoms with Crippen LogP contribution in [0.1, 0.15) is 16.7 Å². The van der Waals surface area contributed by atoms with Crippen molar-refractivity contribution in [2.75, 3.05) is 0 Å². The van der Waals surface area contributed by atoms with Gasteiger partial charge in [0.1, 0.15) is 13.2 Å². The number of hydrogen-bond acceptors (Lipinski definition) is 5. The van der Waals surface area contributed by atoms with E-state index in [2.05, 4.69) is 20.9 Å². The van der Waals surface area contributed by atoms with Crippen molar-refractivity contribution >= 4 is 27.1 Å². The Bertz CT molecular complexity index is 1670. The molecule has 0 atom stereocenters. The lowest BCUT2D eigenvalue weighted by atomic mass is 10.2. The van der Waals surface area contributed by atoms with Crippen molar-refractivity contribution in [1.29, 1.82) is 0 Å². The molecule has 8 nitrogen and oxygen atoms in total. The lowest BCUT2D eigenvalue weighted by molar-refractivity contribution is 0.255. The van der Waals surface area contributed by atoms with Gasteiger partial charge < -0.3 is 14.0 Å². The topological polar surface area (TPSA) is 80.3 Å². The zero-order valence-electron chi connectivity index (χ0n) is 20.4. The zero-order valence-corrected chi connectivity index (χ0v) is 22.0. The maximum atomic E-state index is 12.9. The average molecular weight is 561 g/mol. The maximum Gasteiger partial charge on any atom is 0.332 e. The number of hydrogen-bond donors (Lipinski definition) is 0. The third kappa shape index (κ3) is 5.08. The first-order chi connectivity index (χ1) is 17.9. The van der Waals surface area contributed by atoms with Crippen LogP contribution in [0, 0.1) is 0 Å². The van der Waals surface area contributed by atoms with Gasteiger partial charge in [-0.1, -0.05) is 66.7 Å². The third-order valence-corrected chi connectivity index (χ3v) is 6.73. The molecular weight excluding hydrogens is 536 g/mol. The summed E-state index contributed by atoms with van der Waals surface area (Å²) >= 11 is 3.46. The minimum atomic E-state index is -0.425. The monoisotopic (exact) mass is 560 g/mol. The van der Waals surface area contributed by atoms with Crippen LogP contribution in [0.15, 0.2) is 93.2 Å². The molecule has 9 heteroatoms. The van der Waals surface area contributed by atoms with E-state index in [1.165, 1.54) is 11.6 Å².